The van der Waals surface area contributed by atoms with Gasteiger partial charge in [-0.25, -0.2) is 0 Å². The Morgan fingerprint density at radius 3 is 2.10 bits per heavy atom. The van der Waals surface area contributed by atoms with Crippen molar-refractivity contribution in [1.82, 2.24) is 4.98 Å². The summed E-state index contributed by atoms with van der Waals surface area (Å²) >= 11 is 0. The van der Waals surface area contributed by atoms with Crippen molar-refractivity contribution in [3.63, 3.8) is 0 Å². The minimum absolute atomic E-state index is 0.0173. The SMILES string of the molecule is CC(=O)Oc1ccc(C(=O)N(Cc2cccnc2)c2ccc(B3OC(C)(C)C(C)(C)O3)cc2)c(OC(C)=O)c1. The van der Waals surface area contributed by atoms with Crippen molar-refractivity contribution in [3.8, 4) is 11.5 Å². The Balaban J connectivity index is 1.70. The van der Waals surface area contributed by atoms with Gasteiger partial charge in [-0.05, 0) is 69.1 Å². The highest BCUT2D eigenvalue weighted by Gasteiger charge is 2.51. The molecule has 9 nitrogen and oxygen atoms in total. The number of carbonyl (C=O) groups excluding carboxylic acids is 3. The number of aromatic nitrogens is 1. The summed E-state index contributed by atoms with van der Waals surface area (Å²) in [7, 11) is -0.545. The highest BCUT2D eigenvalue weighted by atomic mass is 16.7. The number of ether oxygens (including phenoxy) is 2. The predicted molar refractivity (Wildman–Crippen MR) is 146 cm³/mol. The van der Waals surface area contributed by atoms with Crippen molar-refractivity contribution in [2.75, 3.05) is 4.90 Å². The molecule has 0 saturated carbocycles. The van der Waals surface area contributed by atoms with Crippen LogP contribution in [0.1, 0.15) is 57.5 Å². The minimum atomic E-state index is -0.616. The van der Waals surface area contributed by atoms with Gasteiger partial charge in [0.2, 0.25) is 0 Å². The second-order valence-corrected chi connectivity index (χ2v) is 10.3. The molecule has 0 atom stereocenters. The average molecular weight is 530 g/mol. The normalized spacial score (nSPS) is 15.5. The Hall–Kier alpha value is -4.02. The number of hydrogen-bond acceptors (Lipinski definition) is 8. The Kier molecular flexibility index (Phi) is 7.90. The van der Waals surface area contributed by atoms with E-state index in [4.69, 9.17) is 18.8 Å². The summed E-state index contributed by atoms with van der Waals surface area (Å²) < 4.78 is 22.8. The summed E-state index contributed by atoms with van der Waals surface area (Å²) in [5.74, 6) is -1.44. The van der Waals surface area contributed by atoms with E-state index in [9.17, 15) is 14.4 Å². The van der Waals surface area contributed by atoms with Crippen LogP contribution >= 0.6 is 0 Å². The number of anilines is 1. The Bertz CT molecular complexity index is 1360. The van der Waals surface area contributed by atoms with Crippen molar-refractivity contribution >= 4 is 36.1 Å². The van der Waals surface area contributed by atoms with Crippen LogP contribution in [0.25, 0.3) is 0 Å². The fourth-order valence-corrected chi connectivity index (χ4v) is 4.04. The summed E-state index contributed by atoms with van der Waals surface area (Å²) in [5, 5.41) is 0. The van der Waals surface area contributed by atoms with E-state index in [-0.39, 0.29) is 23.6 Å². The van der Waals surface area contributed by atoms with Crippen molar-refractivity contribution in [2.45, 2.75) is 59.3 Å². The summed E-state index contributed by atoms with van der Waals surface area (Å²) in [6.45, 7) is 10.6. The minimum Gasteiger partial charge on any atom is -0.427 e. The van der Waals surface area contributed by atoms with E-state index in [1.54, 1.807) is 23.4 Å². The first-order valence-electron chi connectivity index (χ1n) is 12.5. The zero-order valence-electron chi connectivity index (χ0n) is 22.9. The average Bonchev–Trinajstić information content (AvgIpc) is 3.09. The molecule has 1 aliphatic rings. The first-order valence-corrected chi connectivity index (χ1v) is 12.5. The lowest BCUT2D eigenvalue weighted by Gasteiger charge is -2.32. The van der Waals surface area contributed by atoms with Crippen LogP contribution in [0.15, 0.2) is 67.0 Å². The van der Waals surface area contributed by atoms with Crippen LogP contribution in [0.2, 0.25) is 0 Å². The highest BCUT2D eigenvalue weighted by Crippen LogP contribution is 2.36. The van der Waals surface area contributed by atoms with Crippen LogP contribution in [-0.2, 0) is 25.4 Å². The van der Waals surface area contributed by atoms with Gasteiger partial charge >= 0.3 is 19.1 Å². The lowest BCUT2D eigenvalue weighted by molar-refractivity contribution is -0.132. The van der Waals surface area contributed by atoms with Gasteiger partial charge < -0.3 is 23.7 Å². The van der Waals surface area contributed by atoms with Gasteiger partial charge in [-0.2, -0.15) is 0 Å². The topological polar surface area (TPSA) is 104 Å². The van der Waals surface area contributed by atoms with Gasteiger partial charge in [0.25, 0.3) is 5.91 Å². The molecule has 2 heterocycles. The molecule has 1 aromatic heterocycles. The maximum Gasteiger partial charge on any atom is 0.494 e. The van der Waals surface area contributed by atoms with Crippen LogP contribution < -0.4 is 19.8 Å². The molecule has 1 saturated heterocycles. The second kappa shape index (κ2) is 11.0. The van der Waals surface area contributed by atoms with Crippen molar-refractivity contribution in [3.05, 3.63) is 78.1 Å². The number of benzene rings is 2. The molecule has 0 aliphatic carbocycles. The first-order chi connectivity index (χ1) is 18.4. The number of hydrogen-bond donors (Lipinski definition) is 0. The van der Waals surface area contributed by atoms with E-state index < -0.39 is 36.2 Å². The van der Waals surface area contributed by atoms with Crippen LogP contribution in [0.4, 0.5) is 5.69 Å². The quantitative estimate of drug-likeness (QED) is 0.256. The van der Waals surface area contributed by atoms with Crippen LogP contribution in [0.3, 0.4) is 0 Å². The van der Waals surface area contributed by atoms with E-state index in [2.05, 4.69) is 4.98 Å². The van der Waals surface area contributed by atoms with E-state index in [0.717, 1.165) is 11.0 Å². The number of amides is 1. The van der Waals surface area contributed by atoms with Crippen LogP contribution in [0.5, 0.6) is 11.5 Å². The zero-order valence-corrected chi connectivity index (χ0v) is 22.9. The number of nitrogens with zero attached hydrogens (tertiary/aromatic N) is 2. The van der Waals surface area contributed by atoms with Crippen LogP contribution in [-0.4, -0.2) is 41.2 Å². The van der Waals surface area contributed by atoms with Crippen molar-refractivity contribution in [2.24, 2.45) is 0 Å². The third kappa shape index (κ3) is 6.35. The smallest absolute Gasteiger partial charge is 0.427 e. The fourth-order valence-electron chi connectivity index (χ4n) is 4.04. The molecule has 202 valence electrons. The third-order valence-electron chi connectivity index (χ3n) is 6.74. The van der Waals surface area contributed by atoms with E-state index in [0.29, 0.717) is 5.69 Å². The van der Waals surface area contributed by atoms with Crippen LogP contribution in [0, 0.1) is 0 Å². The Morgan fingerprint density at radius 1 is 0.897 bits per heavy atom. The number of esters is 2. The summed E-state index contributed by atoms with van der Waals surface area (Å²) in [6.07, 6.45) is 3.33. The van der Waals surface area contributed by atoms with E-state index in [1.165, 1.54) is 32.0 Å². The monoisotopic (exact) mass is 530 g/mol. The molecule has 4 rings (SSSR count). The van der Waals surface area contributed by atoms with Gasteiger partial charge in [0.15, 0.2) is 0 Å². The Morgan fingerprint density at radius 2 is 1.54 bits per heavy atom. The highest BCUT2D eigenvalue weighted by molar-refractivity contribution is 6.62. The van der Waals surface area contributed by atoms with E-state index in [1.807, 2.05) is 58.0 Å². The van der Waals surface area contributed by atoms with Gasteiger partial charge in [-0.1, -0.05) is 18.2 Å². The lowest BCUT2D eigenvalue weighted by atomic mass is 9.79. The molecule has 3 aromatic rings. The molecular formula is C29H31BN2O7. The molecule has 1 aliphatic heterocycles. The summed E-state index contributed by atoms with van der Waals surface area (Å²) in [4.78, 5) is 42.9. The molecule has 0 N–H and O–H groups in total. The number of carbonyl (C=O) groups is 3. The molecular weight excluding hydrogens is 499 g/mol. The molecule has 39 heavy (non-hydrogen) atoms. The largest absolute Gasteiger partial charge is 0.494 e. The lowest BCUT2D eigenvalue weighted by Crippen LogP contribution is -2.41. The van der Waals surface area contributed by atoms with Crippen molar-refractivity contribution in [1.29, 1.82) is 0 Å². The van der Waals surface area contributed by atoms with Gasteiger partial charge in [-0.15, -0.1) is 0 Å². The van der Waals surface area contributed by atoms with Gasteiger partial charge in [-0.3, -0.25) is 19.4 Å². The zero-order chi connectivity index (χ0) is 28.4. The van der Waals surface area contributed by atoms with Crippen molar-refractivity contribution < 1.29 is 33.2 Å². The molecule has 1 amide bonds. The molecule has 0 bridgehead atoms. The molecule has 0 unspecified atom stereocenters. The molecule has 2 aromatic carbocycles. The number of rotatable bonds is 7. The predicted octanol–water partition coefficient (Wildman–Crippen LogP) is 4.08. The molecule has 1 fully saturated rings. The standard InChI is InChI=1S/C29H31BN2O7/c1-19(33)36-24-13-14-25(26(16-24)37-20(2)34)27(35)32(18-21-8-7-15-31-17-21)23-11-9-22(10-12-23)30-38-28(3,4)29(5,6)39-30/h7-17H,18H2,1-6H3. The fraction of sp³-hybridized carbons (Fsp3) is 0.310. The summed E-state index contributed by atoms with van der Waals surface area (Å²) in [5.41, 5.74) is 1.37. The molecule has 0 radical (unpaired) electrons. The first kappa shape index (κ1) is 28.0. The second-order valence-electron chi connectivity index (χ2n) is 10.3. The maximum absolute atomic E-state index is 14.0. The molecule has 0 spiro atoms. The van der Waals surface area contributed by atoms with Gasteiger partial charge in [0.1, 0.15) is 11.5 Å². The van der Waals surface area contributed by atoms with Gasteiger partial charge in [0, 0.05) is 38.0 Å². The van der Waals surface area contributed by atoms with Gasteiger partial charge in [0.05, 0.1) is 23.3 Å². The molecule has 10 heteroatoms. The van der Waals surface area contributed by atoms with E-state index >= 15 is 0 Å². The summed E-state index contributed by atoms with van der Waals surface area (Å²) in [6, 6.07) is 15.3. The Labute approximate surface area is 228 Å². The maximum atomic E-state index is 14.0. The number of pyridine rings is 1. The third-order valence-corrected chi connectivity index (χ3v) is 6.74.